The van der Waals surface area contributed by atoms with Crippen molar-refractivity contribution in [2.24, 2.45) is 0 Å². The standard InChI is InChI=1S/C15H14F3NO3S/c1-22-14(10-3-2-4-11(16)7-10)9-19-23(20,21)15-8-12(17)5-6-13(15)18/h2-8,14,19H,9H2,1H3. The van der Waals surface area contributed by atoms with E-state index in [1.54, 1.807) is 6.07 Å². The fourth-order valence-corrected chi connectivity index (χ4v) is 3.11. The molecular weight excluding hydrogens is 331 g/mol. The number of halogens is 3. The third-order valence-corrected chi connectivity index (χ3v) is 4.59. The lowest BCUT2D eigenvalue weighted by Gasteiger charge is -2.17. The summed E-state index contributed by atoms with van der Waals surface area (Å²) < 4.78 is 71.3. The van der Waals surface area contributed by atoms with Crippen LogP contribution in [-0.2, 0) is 14.8 Å². The van der Waals surface area contributed by atoms with Gasteiger partial charge in [-0.3, -0.25) is 0 Å². The maximum absolute atomic E-state index is 13.6. The smallest absolute Gasteiger partial charge is 0.243 e. The van der Waals surface area contributed by atoms with Crippen LogP contribution in [0.2, 0.25) is 0 Å². The van der Waals surface area contributed by atoms with Crippen molar-refractivity contribution in [1.82, 2.24) is 4.72 Å². The van der Waals surface area contributed by atoms with Crippen molar-refractivity contribution in [2.75, 3.05) is 13.7 Å². The summed E-state index contributed by atoms with van der Waals surface area (Å²) in [5, 5.41) is 0. The maximum atomic E-state index is 13.6. The molecule has 4 nitrogen and oxygen atoms in total. The minimum Gasteiger partial charge on any atom is -0.375 e. The zero-order valence-corrected chi connectivity index (χ0v) is 12.9. The Balaban J connectivity index is 2.19. The second-order valence-corrected chi connectivity index (χ2v) is 6.44. The number of hydrogen-bond acceptors (Lipinski definition) is 3. The number of hydrogen-bond donors (Lipinski definition) is 1. The molecule has 0 heterocycles. The van der Waals surface area contributed by atoms with Gasteiger partial charge < -0.3 is 4.74 Å². The molecule has 0 saturated carbocycles. The summed E-state index contributed by atoms with van der Waals surface area (Å²) in [4.78, 5) is -0.799. The molecule has 2 rings (SSSR count). The van der Waals surface area contributed by atoms with Crippen LogP contribution in [0.1, 0.15) is 11.7 Å². The minimum atomic E-state index is -4.28. The molecule has 0 bridgehead atoms. The van der Waals surface area contributed by atoms with Gasteiger partial charge in [-0.05, 0) is 35.9 Å². The Morgan fingerprint density at radius 3 is 2.43 bits per heavy atom. The predicted octanol–water partition coefficient (Wildman–Crippen LogP) is 2.77. The molecule has 1 unspecified atom stereocenters. The normalized spacial score (nSPS) is 13.0. The van der Waals surface area contributed by atoms with E-state index in [4.69, 9.17) is 4.74 Å². The molecular formula is C15H14F3NO3S. The molecule has 1 N–H and O–H groups in total. The molecule has 23 heavy (non-hydrogen) atoms. The molecule has 0 aliphatic carbocycles. The molecule has 0 aromatic heterocycles. The molecule has 0 saturated heterocycles. The highest BCUT2D eigenvalue weighted by Gasteiger charge is 2.22. The van der Waals surface area contributed by atoms with E-state index in [1.807, 2.05) is 0 Å². The van der Waals surface area contributed by atoms with Crippen molar-refractivity contribution in [3.8, 4) is 0 Å². The highest BCUT2D eigenvalue weighted by atomic mass is 32.2. The van der Waals surface area contributed by atoms with Crippen LogP contribution in [0, 0.1) is 17.5 Å². The average molecular weight is 345 g/mol. The Hall–Kier alpha value is -1.90. The lowest BCUT2D eigenvalue weighted by atomic mass is 10.1. The predicted molar refractivity (Wildman–Crippen MR) is 77.7 cm³/mol. The molecule has 0 aliphatic heterocycles. The fourth-order valence-electron chi connectivity index (χ4n) is 1.99. The Labute approximate surface area is 132 Å². The zero-order chi connectivity index (χ0) is 17.0. The van der Waals surface area contributed by atoms with Gasteiger partial charge in [-0.25, -0.2) is 26.3 Å². The Morgan fingerprint density at radius 1 is 1.09 bits per heavy atom. The van der Waals surface area contributed by atoms with Gasteiger partial charge in [0.15, 0.2) is 0 Å². The molecule has 0 amide bonds. The molecule has 2 aromatic carbocycles. The summed E-state index contributed by atoms with van der Waals surface area (Å²) >= 11 is 0. The summed E-state index contributed by atoms with van der Waals surface area (Å²) in [6.07, 6.45) is -0.780. The van der Waals surface area contributed by atoms with Gasteiger partial charge >= 0.3 is 0 Å². The first kappa shape index (κ1) is 17.5. The van der Waals surface area contributed by atoms with Crippen molar-refractivity contribution in [3.05, 3.63) is 65.5 Å². The van der Waals surface area contributed by atoms with E-state index in [1.165, 1.54) is 25.3 Å². The van der Waals surface area contributed by atoms with Gasteiger partial charge in [0.25, 0.3) is 0 Å². The highest BCUT2D eigenvalue weighted by Crippen LogP contribution is 2.19. The summed E-state index contributed by atoms with van der Waals surface area (Å²) in [5.74, 6) is -2.44. The van der Waals surface area contributed by atoms with Gasteiger partial charge in [0, 0.05) is 13.7 Å². The quantitative estimate of drug-likeness (QED) is 0.876. The number of benzene rings is 2. The molecule has 124 valence electrons. The summed E-state index contributed by atoms with van der Waals surface area (Å²) in [6.45, 7) is -0.266. The van der Waals surface area contributed by atoms with Crippen LogP contribution in [0.4, 0.5) is 13.2 Å². The van der Waals surface area contributed by atoms with Crippen molar-refractivity contribution in [3.63, 3.8) is 0 Å². The number of nitrogens with one attached hydrogen (secondary N) is 1. The number of rotatable bonds is 6. The van der Waals surface area contributed by atoms with Crippen LogP contribution in [0.3, 0.4) is 0 Å². The van der Waals surface area contributed by atoms with Gasteiger partial charge in [-0.2, -0.15) is 0 Å². The van der Waals surface area contributed by atoms with E-state index in [0.29, 0.717) is 11.6 Å². The number of methoxy groups -OCH3 is 1. The highest BCUT2D eigenvalue weighted by molar-refractivity contribution is 7.89. The number of ether oxygens (including phenoxy) is 1. The first-order valence-corrected chi connectivity index (χ1v) is 8.05. The van der Waals surface area contributed by atoms with Crippen LogP contribution in [0.5, 0.6) is 0 Å². The summed E-state index contributed by atoms with van der Waals surface area (Å²) in [7, 11) is -2.95. The van der Waals surface area contributed by atoms with E-state index in [9.17, 15) is 21.6 Å². The molecule has 1 atom stereocenters. The van der Waals surface area contributed by atoms with Crippen molar-refractivity contribution in [1.29, 1.82) is 0 Å². The maximum Gasteiger partial charge on any atom is 0.243 e. The first-order chi connectivity index (χ1) is 10.8. The van der Waals surface area contributed by atoms with Crippen molar-refractivity contribution >= 4 is 10.0 Å². The van der Waals surface area contributed by atoms with Gasteiger partial charge in [0.1, 0.15) is 22.3 Å². The van der Waals surface area contributed by atoms with E-state index < -0.39 is 38.5 Å². The zero-order valence-electron chi connectivity index (χ0n) is 12.1. The monoisotopic (exact) mass is 345 g/mol. The minimum absolute atomic E-state index is 0.266. The molecule has 0 fully saturated rings. The lowest BCUT2D eigenvalue weighted by molar-refractivity contribution is 0.107. The van der Waals surface area contributed by atoms with Crippen LogP contribution in [0.25, 0.3) is 0 Å². The molecule has 8 heteroatoms. The number of sulfonamides is 1. The van der Waals surface area contributed by atoms with Crippen LogP contribution < -0.4 is 4.72 Å². The molecule has 0 radical (unpaired) electrons. The largest absolute Gasteiger partial charge is 0.375 e. The molecule has 0 spiro atoms. The third-order valence-electron chi connectivity index (χ3n) is 3.15. The topological polar surface area (TPSA) is 55.4 Å². The fraction of sp³-hybridized carbons (Fsp3) is 0.200. The Morgan fingerprint density at radius 2 is 1.78 bits per heavy atom. The first-order valence-electron chi connectivity index (χ1n) is 6.56. The van der Waals surface area contributed by atoms with E-state index in [0.717, 1.165) is 12.1 Å². The van der Waals surface area contributed by atoms with E-state index in [2.05, 4.69) is 4.72 Å². The van der Waals surface area contributed by atoms with Gasteiger partial charge in [-0.15, -0.1) is 0 Å². The van der Waals surface area contributed by atoms with Crippen molar-refractivity contribution < 1.29 is 26.3 Å². The van der Waals surface area contributed by atoms with E-state index in [-0.39, 0.29) is 6.54 Å². The summed E-state index contributed by atoms with van der Waals surface area (Å²) in [5.41, 5.74) is 0.412. The second kappa shape index (κ2) is 7.12. The SMILES string of the molecule is COC(CNS(=O)(=O)c1cc(F)ccc1F)c1cccc(F)c1. The van der Waals surface area contributed by atoms with Gasteiger partial charge in [-0.1, -0.05) is 12.1 Å². The van der Waals surface area contributed by atoms with Gasteiger partial charge in [0.2, 0.25) is 10.0 Å². The van der Waals surface area contributed by atoms with Crippen LogP contribution in [-0.4, -0.2) is 22.1 Å². The van der Waals surface area contributed by atoms with Crippen molar-refractivity contribution in [2.45, 2.75) is 11.0 Å². The second-order valence-electron chi connectivity index (χ2n) is 4.71. The summed E-state index contributed by atoms with van der Waals surface area (Å²) in [6, 6.07) is 7.59. The molecule has 0 aliphatic rings. The Bertz CT molecular complexity index is 796. The van der Waals surface area contributed by atoms with Gasteiger partial charge in [0.05, 0.1) is 6.10 Å². The third kappa shape index (κ3) is 4.31. The average Bonchev–Trinajstić information content (AvgIpc) is 2.50. The Kier molecular flexibility index (Phi) is 5.40. The molecule has 2 aromatic rings. The lowest BCUT2D eigenvalue weighted by Crippen LogP contribution is -2.30. The van der Waals surface area contributed by atoms with E-state index >= 15 is 0 Å². The van der Waals surface area contributed by atoms with Crippen LogP contribution >= 0.6 is 0 Å². The van der Waals surface area contributed by atoms with Crippen LogP contribution in [0.15, 0.2) is 47.4 Å².